The Morgan fingerprint density at radius 2 is 2.04 bits per heavy atom. The van der Waals surface area contributed by atoms with E-state index in [1.54, 1.807) is 17.4 Å². The number of hydrogen-bond acceptors (Lipinski definition) is 6. The molecule has 6 nitrogen and oxygen atoms in total. The van der Waals surface area contributed by atoms with E-state index in [9.17, 15) is 4.79 Å². The summed E-state index contributed by atoms with van der Waals surface area (Å²) in [5.74, 6) is 0.547. The number of amides is 1. The molecule has 7 heteroatoms. The molecule has 0 aliphatic rings. The van der Waals surface area contributed by atoms with Gasteiger partial charge in [0.15, 0.2) is 0 Å². The third-order valence-corrected chi connectivity index (χ3v) is 4.22. The molecule has 0 unspecified atom stereocenters. The van der Waals surface area contributed by atoms with Gasteiger partial charge in [0.2, 0.25) is 5.91 Å². The van der Waals surface area contributed by atoms with E-state index in [1.165, 1.54) is 6.08 Å². The van der Waals surface area contributed by atoms with Gasteiger partial charge in [0, 0.05) is 19.2 Å². The van der Waals surface area contributed by atoms with Crippen LogP contribution in [-0.4, -0.2) is 34.2 Å². The van der Waals surface area contributed by atoms with Crippen molar-refractivity contribution in [2.45, 2.75) is 6.92 Å². The highest BCUT2D eigenvalue weighted by atomic mass is 32.1. The van der Waals surface area contributed by atoms with Crippen molar-refractivity contribution in [3.05, 3.63) is 53.2 Å². The van der Waals surface area contributed by atoms with E-state index in [0.29, 0.717) is 18.9 Å². The molecule has 0 spiro atoms. The second kappa shape index (κ2) is 7.65. The zero-order valence-electron chi connectivity index (χ0n) is 13.2. The Balaban J connectivity index is 1.44. The minimum Gasteiger partial charge on any atom is -0.367 e. The molecule has 1 aromatic carbocycles. The molecule has 0 atom stereocenters. The zero-order chi connectivity index (χ0) is 16.8. The highest BCUT2D eigenvalue weighted by molar-refractivity contribution is 7.19. The molecule has 0 fully saturated rings. The molecule has 0 saturated heterocycles. The van der Waals surface area contributed by atoms with Gasteiger partial charge in [-0.15, -0.1) is 16.4 Å². The van der Waals surface area contributed by atoms with E-state index < -0.39 is 0 Å². The number of aromatic nitrogens is 3. The Labute approximate surface area is 143 Å². The number of thiazole rings is 1. The number of nitrogens with one attached hydrogen (secondary N) is 2. The van der Waals surface area contributed by atoms with Gasteiger partial charge in [-0.25, -0.2) is 4.98 Å². The molecular weight excluding hydrogens is 322 g/mol. The highest BCUT2D eigenvalue weighted by Crippen LogP contribution is 2.22. The summed E-state index contributed by atoms with van der Waals surface area (Å²) in [6, 6.07) is 11.7. The fraction of sp³-hybridized carbons (Fsp3) is 0.176. The minimum atomic E-state index is -0.147. The molecule has 3 aromatic rings. The van der Waals surface area contributed by atoms with Crippen LogP contribution in [0.1, 0.15) is 10.7 Å². The lowest BCUT2D eigenvalue weighted by molar-refractivity contribution is -0.116. The third kappa shape index (κ3) is 4.36. The fourth-order valence-electron chi connectivity index (χ4n) is 2.04. The number of hydrogen-bond donors (Lipinski definition) is 2. The van der Waals surface area contributed by atoms with Crippen LogP contribution in [-0.2, 0) is 4.79 Å². The smallest absolute Gasteiger partial charge is 0.244 e. The summed E-state index contributed by atoms with van der Waals surface area (Å²) in [5.41, 5.74) is 1.82. The molecule has 2 heterocycles. The van der Waals surface area contributed by atoms with E-state index in [4.69, 9.17) is 0 Å². The molecule has 0 radical (unpaired) electrons. The van der Waals surface area contributed by atoms with Crippen molar-refractivity contribution in [2.24, 2.45) is 0 Å². The molecule has 122 valence electrons. The molecule has 0 aliphatic heterocycles. The van der Waals surface area contributed by atoms with Crippen LogP contribution in [0, 0.1) is 6.92 Å². The lowest BCUT2D eigenvalue weighted by atomic mass is 10.3. The first-order chi connectivity index (χ1) is 11.7. The Hall–Kier alpha value is -2.80. The Morgan fingerprint density at radius 1 is 1.17 bits per heavy atom. The lowest BCUT2D eigenvalue weighted by Gasteiger charge is -2.05. The van der Waals surface area contributed by atoms with Crippen molar-refractivity contribution < 1.29 is 4.79 Å². The maximum absolute atomic E-state index is 11.8. The molecular formula is C17H17N5OS. The van der Waals surface area contributed by atoms with Crippen molar-refractivity contribution in [1.29, 1.82) is 0 Å². The topological polar surface area (TPSA) is 79.8 Å². The summed E-state index contributed by atoms with van der Waals surface area (Å²) >= 11 is 1.56. The number of anilines is 1. The first kappa shape index (κ1) is 16.1. The SMILES string of the molecule is Cc1ccc(NCCNC(=O)/C=C/c2nc3ccccc3s2)nn1. The van der Waals surface area contributed by atoms with Crippen LogP contribution in [0.4, 0.5) is 5.82 Å². The van der Waals surface area contributed by atoms with Crippen LogP contribution in [0.3, 0.4) is 0 Å². The van der Waals surface area contributed by atoms with Gasteiger partial charge in [-0.05, 0) is 37.3 Å². The minimum absolute atomic E-state index is 0.147. The average molecular weight is 339 g/mol. The van der Waals surface area contributed by atoms with Crippen LogP contribution >= 0.6 is 11.3 Å². The Morgan fingerprint density at radius 3 is 2.83 bits per heavy atom. The molecule has 0 saturated carbocycles. The largest absolute Gasteiger partial charge is 0.367 e. The molecule has 0 bridgehead atoms. The van der Waals surface area contributed by atoms with E-state index in [-0.39, 0.29) is 5.91 Å². The van der Waals surface area contributed by atoms with E-state index in [2.05, 4.69) is 25.8 Å². The molecule has 24 heavy (non-hydrogen) atoms. The normalized spacial score (nSPS) is 11.0. The number of carbonyl (C=O) groups excluding carboxylic acids is 1. The molecule has 1 amide bonds. The van der Waals surface area contributed by atoms with Gasteiger partial charge in [-0.1, -0.05) is 12.1 Å². The van der Waals surface area contributed by atoms with Crippen LogP contribution in [0.2, 0.25) is 0 Å². The summed E-state index contributed by atoms with van der Waals surface area (Å²) in [5, 5.41) is 14.7. The first-order valence-corrected chi connectivity index (χ1v) is 8.38. The van der Waals surface area contributed by atoms with Crippen molar-refractivity contribution >= 4 is 39.4 Å². The molecule has 2 N–H and O–H groups in total. The fourth-order valence-corrected chi connectivity index (χ4v) is 2.91. The van der Waals surface area contributed by atoms with Crippen molar-refractivity contribution in [3.8, 4) is 0 Å². The van der Waals surface area contributed by atoms with Crippen LogP contribution < -0.4 is 10.6 Å². The summed E-state index contributed by atoms with van der Waals surface area (Å²) in [6.45, 7) is 2.96. The van der Waals surface area contributed by atoms with Crippen LogP contribution in [0.15, 0.2) is 42.5 Å². The van der Waals surface area contributed by atoms with Crippen molar-refractivity contribution in [2.75, 3.05) is 18.4 Å². The number of aryl methyl sites for hydroxylation is 1. The van der Waals surface area contributed by atoms with Crippen molar-refractivity contribution in [1.82, 2.24) is 20.5 Å². The van der Waals surface area contributed by atoms with Gasteiger partial charge in [0.1, 0.15) is 10.8 Å². The lowest BCUT2D eigenvalue weighted by Crippen LogP contribution is -2.27. The third-order valence-electron chi connectivity index (χ3n) is 3.22. The van der Waals surface area contributed by atoms with E-state index in [0.717, 1.165) is 20.9 Å². The second-order valence-corrected chi connectivity index (χ2v) is 6.19. The number of para-hydroxylation sites is 1. The summed E-state index contributed by atoms with van der Waals surface area (Å²) in [7, 11) is 0. The quantitative estimate of drug-likeness (QED) is 0.533. The summed E-state index contributed by atoms with van der Waals surface area (Å²) in [4.78, 5) is 16.3. The number of fused-ring (bicyclic) bond motifs is 1. The maximum Gasteiger partial charge on any atom is 0.244 e. The predicted octanol–water partition coefficient (Wildman–Crippen LogP) is 2.64. The number of benzene rings is 1. The number of rotatable bonds is 6. The van der Waals surface area contributed by atoms with Gasteiger partial charge >= 0.3 is 0 Å². The van der Waals surface area contributed by atoms with Crippen LogP contribution in [0.25, 0.3) is 16.3 Å². The standard InChI is InChI=1S/C17H17N5OS/c1-12-6-7-15(22-21-12)18-10-11-19-16(23)8-9-17-20-13-4-2-3-5-14(13)24-17/h2-9H,10-11H2,1H3,(H,18,22)(H,19,23)/b9-8+. The monoisotopic (exact) mass is 339 g/mol. The molecule has 0 aliphatic carbocycles. The highest BCUT2D eigenvalue weighted by Gasteiger charge is 2.01. The van der Waals surface area contributed by atoms with E-state index in [1.807, 2.05) is 43.3 Å². The summed E-state index contributed by atoms with van der Waals surface area (Å²) in [6.07, 6.45) is 3.24. The van der Waals surface area contributed by atoms with Gasteiger partial charge in [-0.3, -0.25) is 4.79 Å². The number of carbonyl (C=O) groups is 1. The molecule has 3 rings (SSSR count). The van der Waals surface area contributed by atoms with Crippen molar-refractivity contribution in [3.63, 3.8) is 0 Å². The van der Waals surface area contributed by atoms with Crippen LogP contribution in [0.5, 0.6) is 0 Å². The molecule has 2 aromatic heterocycles. The van der Waals surface area contributed by atoms with Gasteiger partial charge in [0.25, 0.3) is 0 Å². The predicted molar refractivity (Wildman–Crippen MR) is 96.9 cm³/mol. The second-order valence-electron chi connectivity index (χ2n) is 5.13. The van der Waals surface area contributed by atoms with Gasteiger partial charge in [-0.2, -0.15) is 5.10 Å². The average Bonchev–Trinajstić information content (AvgIpc) is 3.01. The summed E-state index contributed by atoms with van der Waals surface area (Å²) < 4.78 is 1.11. The van der Waals surface area contributed by atoms with Gasteiger partial charge < -0.3 is 10.6 Å². The Kier molecular flexibility index (Phi) is 5.12. The van der Waals surface area contributed by atoms with Gasteiger partial charge in [0.05, 0.1) is 15.9 Å². The zero-order valence-corrected chi connectivity index (χ0v) is 14.0. The van der Waals surface area contributed by atoms with E-state index >= 15 is 0 Å². The Bertz CT molecular complexity index is 824. The first-order valence-electron chi connectivity index (χ1n) is 7.56. The maximum atomic E-state index is 11.8. The number of nitrogens with zero attached hydrogens (tertiary/aromatic N) is 3.